The van der Waals surface area contributed by atoms with Crippen LogP contribution in [0.2, 0.25) is 0 Å². The third-order valence-corrected chi connectivity index (χ3v) is 4.15. The highest BCUT2D eigenvalue weighted by atomic mass is 16.2. The number of rotatable bonds is 1. The second-order valence-corrected chi connectivity index (χ2v) is 5.40. The second kappa shape index (κ2) is 4.73. The molecule has 3 rings (SSSR count). The molecule has 0 aliphatic carbocycles. The SMILES string of the molecule is CC1CCCN1C(=O)c1ccc2c(c1)CNCC2. The van der Waals surface area contributed by atoms with E-state index >= 15 is 0 Å². The largest absolute Gasteiger partial charge is 0.336 e. The first kappa shape index (κ1) is 11.7. The Balaban J connectivity index is 1.85. The minimum atomic E-state index is 0.202. The lowest BCUT2D eigenvalue weighted by Gasteiger charge is -2.23. The Labute approximate surface area is 108 Å². The van der Waals surface area contributed by atoms with Crippen molar-refractivity contribution >= 4 is 5.91 Å². The van der Waals surface area contributed by atoms with Gasteiger partial charge in [-0.05, 0) is 56.0 Å². The number of nitrogens with one attached hydrogen (secondary N) is 1. The molecule has 18 heavy (non-hydrogen) atoms. The van der Waals surface area contributed by atoms with E-state index in [-0.39, 0.29) is 5.91 Å². The Morgan fingerprint density at radius 2 is 2.28 bits per heavy atom. The zero-order valence-electron chi connectivity index (χ0n) is 10.9. The van der Waals surface area contributed by atoms with Crippen molar-refractivity contribution in [3.63, 3.8) is 0 Å². The van der Waals surface area contributed by atoms with Gasteiger partial charge in [-0.1, -0.05) is 6.07 Å². The van der Waals surface area contributed by atoms with Crippen molar-refractivity contribution in [3.8, 4) is 0 Å². The molecule has 1 unspecified atom stereocenters. The minimum Gasteiger partial charge on any atom is -0.336 e. The monoisotopic (exact) mass is 244 g/mol. The van der Waals surface area contributed by atoms with Gasteiger partial charge in [-0.25, -0.2) is 0 Å². The van der Waals surface area contributed by atoms with E-state index in [0.717, 1.165) is 44.5 Å². The van der Waals surface area contributed by atoms with E-state index in [4.69, 9.17) is 0 Å². The summed E-state index contributed by atoms with van der Waals surface area (Å²) in [5.41, 5.74) is 3.53. The van der Waals surface area contributed by atoms with Crippen LogP contribution in [0, 0.1) is 0 Å². The van der Waals surface area contributed by atoms with Gasteiger partial charge >= 0.3 is 0 Å². The molecule has 1 atom stereocenters. The fraction of sp³-hybridized carbons (Fsp3) is 0.533. The zero-order valence-corrected chi connectivity index (χ0v) is 10.9. The van der Waals surface area contributed by atoms with Crippen molar-refractivity contribution < 1.29 is 4.79 Å². The average molecular weight is 244 g/mol. The highest BCUT2D eigenvalue weighted by molar-refractivity contribution is 5.94. The maximum absolute atomic E-state index is 12.4. The first-order valence-electron chi connectivity index (χ1n) is 6.89. The van der Waals surface area contributed by atoms with Gasteiger partial charge in [-0.3, -0.25) is 4.79 Å². The van der Waals surface area contributed by atoms with Crippen LogP contribution in [-0.4, -0.2) is 29.9 Å². The Morgan fingerprint density at radius 3 is 3.06 bits per heavy atom. The van der Waals surface area contributed by atoms with Gasteiger partial charge in [0.2, 0.25) is 0 Å². The number of carbonyl (C=O) groups excluding carboxylic acids is 1. The highest BCUT2D eigenvalue weighted by Crippen LogP contribution is 2.22. The smallest absolute Gasteiger partial charge is 0.254 e. The highest BCUT2D eigenvalue weighted by Gasteiger charge is 2.26. The van der Waals surface area contributed by atoms with E-state index in [1.54, 1.807) is 0 Å². The van der Waals surface area contributed by atoms with E-state index in [1.807, 2.05) is 11.0 Å². The first-order chi connectivity index (χ1) is 8.75. The third kappa shape index (κ3) is 2.03. The zero-order chi connectivity index (χ0) is 12.5. The van der Waals surface area contributed by atoms with Crippen LogP contribution >= 0.6 is 0 Å². The van der Waals surface area contributed by atoms with Gasteiger partial charge < -0.3 is 10.2 Å². The van der Waals surface area contributed by atoms with Crippen molar-refractivity contribution in [2.45, 2.75) is 38.8 Å². The number of likely N-dealkylation sites (tertiary alicyclic amines) is 1. The topological polar surface area (TPSA) is 32.3 Å². The molecule has 1 saturated heterocycles. The van der Waals surface area contributed by atoms with Crippen LogP contribution in [0.3, 0.4) is 0 Å². The molecule has 2 aliphatic heterocycles. The molecule has 1 aromatic rings. The van der Waals surface area contributed by atoms with Crippen molar-refractivity contribution in [2.75, 3.05) is 13.1 Å². The summed E-state index contributed by atoms with van der Waals surface area (Å²) in [5.74, 6) is 0.202. The van der Waals surface area contributed by atoms with E-state index < -0.39 is 0 Å². The molecule has 3 nitrogen and oxygen atoms in total. The minimum absolute atomic E-state index is 0.202. The predicted molar refractivity (Wildman–Crippen MR) is 71.6 cm³/mol. The summed E-state index contributed by atoms with van der Waals surface area (Å²) in [7, 11) is 0. The van der Waals surface area contributed by atoms with Gasteiger partial charge in [0.05, 0.1) is 0 Å². The molecule has 1 fully saturated rings. The van der Waals surface area contributed by atoms with Crippen LogP contribution in [0.15, 0.2) is 18.2 Å². The summed E-state index contributed by atoms with van der Waals surface area (Å²) in [5, 5.41) is 3.36. The number of amides is 1. The summed E-state index contributed by atoms with van der Waals surface area (Å²) >= 11 is 0. The van der Waals surface area contributed by atoms with Crippen LogP contribution in [0.1, 0.15) is 41.3 Å². The number of carbonyl (C=O) groups is 1. The fourth-order valence-corrected chi connectivity index (χ4v) is 3.01. The molecule has 1 N–H and O–H groups in total. The van der Waals surface area contributed by atoms with Crippen molar-refractivity contribution in [3.05, 3.63) is 34.9 Å². The Morgan fingerprint density at radius 1 is 1.39 bits per heavy atom. The number of fused-ring (bicyclic) bond motifs is 1. The molecule has 0 aromatic heterocycles. The van der Waals surface area contributed by atoms with Gasteiger partial charge in [0.25, 0.3) is 5.91 Å². The molecule has 3 heteroatoms. The predicted octanol–water partition coefficient (Wildman–Crippen LogP) is 1.96. The lowest BCUT2D eigenvalue weighted by Crippen LogP contribution is -2.34. The van der Waals surface area contributed by atoms with Crippen LogP contribution in [0.4, 0.5) is 0 Å². The third-order valence-electron chi connectivity index (χ3n) is 4.15. The van der Waals surface area contributed by atoms with E-state index in [2.05, 4.69) is 24.4 Å². The van der Waals surface area contributed by atoms with E-state index in [9.17, 15) is 4.79 Å². The summed E-state index contributed by atoms with van der Waals surface area (Å²) in [6, 6.07) is 6.60. The second-order valence-electron chi connectivity index (χ2n) is 5.40. The molecular weight excluding hydrogens is 224 g/mol. The number of benzene rings is 1. The molecule has 96 valence electrons. The van der Waals surface area contributed by atoms with Crippen molar-refractivity contribution in [1.29, 1.82) is 0 Å². The van der Waals surface area contributed by atoms with E-state index in [1.165, 1.54) is 11.1 Å². The number of nitrogens with zero attached hydrogens (tertiary/aromatic N) is 1. The van der Waals surface area contributed by atoms with Crippen LogP contribution in [-0.2, 0) is 13.0 Å². The lowest BCUT2D eigenvalue weighted by atomic mass is 9.98. The standard InChI is InChI=1S/C15H20N2O/c1-11-3-2-8-17(11)15(18)13-5-4-12-6-7-16-10-14(12)9-13/h4-5,9,11,16H,2-3,6-8,10H2,1H3. The molecule has 0 radical (unpaired) electrons. The van der Waals surface area contributed by atoms with Crippen molar-refractivity contribution in [1.82, 2.24) is 10.2 Å². The molecule has 0 saturated carbocycles. The van der Waals surface area contributed by atoms with Gasteiger partial charge in [-0.15, -0.1) is 0 Å². The summed E-state index contributed by atoms with van der Waals surface area (Å²) in [4.78, 5) is 14.5. The van der Waals surface area contributed by atoms with Gasteiger partial charge in [-0.2, -0.15) is 0 Å². The maximum Gasteiger partial charge on any atom is 0.254 e. The molecule has 2 aliphatic rings. The summed E-state index contributed by atoms with van der Waals surface area (Å²) < 4.78 is 0. The Hall–Kier alpha value is -1.35. The number of hydrogen-bond acceptors (Lipinski definition) is 2. The number of hydrogen-bond donors (Lipinski definition) is 1. The average Bonchev–Trinajstić information content (AvgIpc) is 2.83. The normalized spacial score (nSPS) is 22.9. The van der Waals surface area contributed by atoms with E-state index in [0.29, 0.717) is 6.04 Å². The molecule has 0 bridgehead atoms. The fourth-order valence-electron chi connectivity index (χ4n) is 3.01. The van der Waals surface area contributed by atoms with Gasteiger partial charge in [0.15, 0.2) is 0 Å². The van der Waals surface area contributed by atoms with Crippen LogP contribution in [0.5, 0.6) is 0 Å². The van der Waals surface area contributed by atoms with Crippen molar-refractivity contribution in [2.24, 2.45) is 0 Å². The first-order valence-corrected chi connectivity index (χ1v) is 6.89. The quantitative estimate of drug-likeness (QED) is 0.819. The molecular formula is C15H20N2O. The lowest BCUT2D eigenvalue weighted by molar-refractivity contribution is 0.0747. The van der Waals surface area contributed by atoms with Crippen LogP contribution in [0.25, 0.3) is 0 Å². The molecule has 2 heterocycles. The molecule has 1 amide bonds. The maximum atomic E-state index is 12.4. The summed E-state index contributed by atoms with van der Waals surface area (Å²) in [6.07, 6.45) is 3.35. The molecule has 1 aromatic carbocycles. The van der Waals surface area contributed by atoms with Gasteiger partial charge in [0.1, 0.15) is 0 Å². The molecule has 0 spiro atoms. The van der Waals surface area contributed by atoms with Crippen LogP contribution < -0.4 is 5.32 Å². The Bertz CT molecular complexity index is 470. The summed E-state index contributed by atoms with van der Waals surface area (Å²) in [6.45, 7) is 5.00. The van der Waals surface area contributed by atoms with Gasteiger partial charge in [0, 0.05) is 24.7 Å². The Kier molecular flexibility index (Phi) is 3.08.